The Balaban J connectivity index is 1.38. The van der Waals surface area contributed by atoms with Gasteiger partial charge in [0.05, 0.1) is 16.3 Å². The Kier molecular flexibility index (Phi) is 5.37. The van der Waals surface area contributed by atoms with Crippen molar-refractivity contribution in [2.24, 2.45) is 4.99 Å². The molecule has 33 heavy (non-hydrogen) atoms. The number of carbonyl (C=O) groups excluding carboxylic acids is 4. The zero-order chi connectivity index (χ0) is 23.1. The lowest BCUT2D eigenvalue weighted by atomic mass is 9.88. The molecule has 1 saturated heterocycles. The molecule has 9 nitrogen and oxygen atoms in total. The highest BCUT2D eigenvalue weighted by molar-refractivity contribution is 7.09. The van der Waals surface area contributed by atoms with Gasteiger partial charge in [-0.05, 0) is 18.6 Å². The number of piperidine rings is 1. The maximum Gasteiger partial charge on any atom is 0.255 e. The molecule has 2 unspecified atom stereocenters. The number of aliphatic hydroxyl groups excluding tert-OH is 1. The summed E-state index contributed by atoms with van der Waals surface area (Å²) in [4.78, 5) is 59.4. The molecular formula is C23H20N4O5S. The fourth-order valence-corrected chi connectivity index (χ4v) is 5.23. The second-order valence-corrected chi connectivity index (χ2v) is 9.15. The second kappa shape index (κ2) is 8.36. The van der Waals surface area contributed by atoms with E-state index in [1.54, 1.807) is 24.4 Å². The molecule has 2 N–H and O–H groups in total. The summed E-state index contributed by atoms with van der Waals surface area (Å²) < 4.78 is 0. The number of aliphatic imine (C=N–C) groups is 1. The Morgan fingerprint density at radius 1 is 1.21 bits per heavy atom. The molecule has 10 heteroatoms. The van der Waals surface area contributed by atoms with Gasteiger partial charge in [-0.15, -0.1) is 11.3 Å². The lowest BCUT2D eigenvalue weighted by molar-refractivity contribution is -0.137. The molecule has 1 fully saturated rings. The summed E-state index contributed by atoms with van der Waals surface area (Å²) in [5, 5.41) is 15.4. The lowest BCUT2D eigenvalue weighted by Gasteiger charge is -2.29. The number of nitrogens with one attached hydrogen (secondary N) is 1. The van der Waals surface area contributed by atoms with E-state index in [2.05, 4.69) is 15.3 Å². The van der Waals surface area contributed by atoms with Crippen molar-refractivity contribution < 1.29 is 24.3 Å². The number of nitrogens with zero attached hydrogens (tertiary/aromatic N) is 3. The molecule has 2 atom stereocenters. The zero-order valence-corrected chi connectivity index (χ0v) is 18.3. The van der Waals surface area contributed by atoms with Crippen molar-refractivity contribution in [1.29, 1.82) is 0 Å². The number of rotatable bonds is 4. The number of fused-ring (bicyclic) bond motifs is 1. The van der Waals surface area contributed by atoms with Crippen LogP contribution in [0, 0.1) is 0 Å². The zero-order valence-electron chi connectivity index (χ0n) is 17.5. The van der Waals surface area contributed by atoms with Crippen LogP contribution in [-0.2, 0) is 20.9 Å². The normalized spacial score (nSPS) is 23.5. The van der Waals surface area contributed by atoms with Crippen LogP contribution in [0.3, 0.4) is 0 Å². The average Bonchev–Trinajstić information content (AvgIpc) is 3.43. The highest BCUT2D eigenvalue weighted by Crippen LogP contribution is 2.36. The monoisotopic (exact) mass is 464 g/mol. The van der Waals surface area contributed by atoms with Gasteiger partial charge in [0, 0.05) is 60.6 Å². The van der Waals surface area contributed by atoms with Crippen LogP contribution < -0.4 is 5.32 Å². The van der Waals surface area contributed by atoms with Gasteiger partial charge in [0.1, 0.15) is 11.8 Å². The van der Waals surface area contributed by atoms with E-state index in [0.717, 1.165) is 5.01 Å². The topological polar surface area (TPSA) is 129 Å². The summed E-state index contributed by atoms with van der Waals surface area (Å²) in [5.41, 5.74) is 1.73. The Hall–Kier alpha value is -3.66. The first-order valence-corrected chi connectivity index (χ1v) is 11.5. The molecule has 0 bridgehead atoms. The Labute approximate surface area is 192 Å². The summed E-state index contributed by atoms with van der Waals surface area (Å²) in [6, 6.07) is 4.37. The van der Waals surface area contributed by atoms with Crippen molar-refractivity contribution in [1.82, 2.24) is 15.2 Å². The first-order chi connectivity index (χ1) is 15.9. The molecule has 1 aliphatic carbocycles. The van der Waals surface area contributed by atoms with Crippen molar-refractivity contribution in [2.75, 3.05) is 0 Å². The van der Waals surface area contributed by atoms with E-state index in [1.165, 1.54) is 22.5 Å². The molecule has 2 aromatic rings. The van der Waals surface area contributed by atoms with Gasteiger partial charge in [-0.2, -0.15) is 0 Å². The van der Waals surface area contributed by atoms with Crippen molar-refractivity contribution >= 4 is 46.7 Å². The summed E-state index contributed by atoms with van der Waals surface area (Å²) in [6.45, 7) is 0.180. The number of aliphatic hydroxyl groups is 1. The van der Waals surface area contributed by atoms with Gasteiger partial charge in [0.2, 0.25) is 11.8 Å². The number of Topliss-reactive ketones (excluding diaryl/α,β-unsaturated/α-hetero) is 1. The molecule has 3 aliphatic rings. The third-order valence-corrected chi connectivity index (χ3v) is 7.11. The summed E-state index contributed by atoms with van der Waals surface area (Å²) >= 11 is 1.46. The van der Waals surface area contributed by atoms with E-state index >= 15 is 0 Å². The highest BCUT2D eigenvalue weighted by Gasteiger charge is 2.40. The van der Waals surface area contributed by atoms with Crippen molar-refractivity contribution in [2.45, 2.75) is 44.2 Å². The summed E-state index contributed by atoms with van der Waals surface area (Å²) in [5.74, 6) is -1.49. The standard InChI is InChI=1S/C23H20N4O5S/c28-18-8-12(22-24-6-7-33-22)9-19(29)14(18)10-25-16-3-1-2-13-15(16)11-27(23(13)32)17-4-5-20(30)26-21(17)31/h1-3,6-7,10,12,17,28H,4-5,8-9,11H2,(H,26,30,31). The minimum absolute atomic E-state index is 0.0241. The lowest BCUT2D eigenvalue weighted by Crippen LogP contribution is -2.52. The van der Waals surface area contributed by atoms with Gasteiger partial charge < -0.3 is 10.0 Å². The predicted molar refractivity (Wildman–Crippen MR) is 119 cm³/mol. The maximum absolute atomic E-state index is 12.9. The first kappa shape index (κ1) is 21.2. The molecule has 1 aromatic heterocycles. The largest absolute Gasteiger partial charge is 0.511 e. The van der Waals surface area contributed by atoms with Gasteiger partial charge in [-0.1, -0.05) is 6.07 Å². The number of carbonyl (C=O) groups is 4. The van der Waals surface area contributed by atoms with Gasteiger partial charge in [0.25, 0.3) is 5.91 Å². The van der Waals surface area contributed by atoms with Crippen LogP contribution in [0.5, 0.6) is 0 Å². The van der Waals surface area contributed by atoms with Crippen molar-refractivity contribution in [3.63, 3.8) is 0 Å². The Bertz CT molecular complexity index is 1230. The number of ketones is 1. The SMILES string of the molecule is O=C1CCC(N2Cc3c(N=CC4=C(O)CC(c5nccs5)CC4=O)cccc3C2=O)C(=O)N1. The summed E-state index contributed by atoms with van der Waals surface area (Å²) in [7, 11) is 0. The van der Waals surface area contributed by atoms with Crippen molar-refractivity contribution in [3.05, 3.63) is 57.2 Å². The summed E-state index contributed by atoms with van der Waals surface area (Å²) in [6.07, 6.45) is 4.04. The number of benzene rings is 1. The number of hydrogen-bond donors (Lipinski definition) is 2. The molecule has 3 amide bonds. The van der Waals surface area contributed by atoms with E-state index in [-0.39, 0.29) is 60.7 Å². The van der Waals surface area contributed by atoms with E-state index in [9.17, 15) is 24.3 Å². The van der Waals surface area contributed by atoms with E-state index < -0.39 is 11.9 Å². The van der Waals surface area contributed by atoms with Gasteiger partial charge in [-0.25, -0.2) is 4.98 Å². The molecule has 2 aliphatic heterocycles. The first-order valence-electron chi connectivity index (χ1n) is 10.6. The Morgan fingerprint density at radius 2 is 2.06 bits per heavy atom. The number of hydrogen-bond acceptors (Lipinski definition) is 8. The van der Waals surface area contributed by atoms with Gasteiger partial charge in [-0.3, -0.25) is 29.5 Å². The number of imide groups is 1. The molecule has 3 heterocycles. The van der Waals surface area contributed by atoms with Crippen molar-refractivity contribution in [3.8, 4) is 0 Å². The van der Waals surface area contributed by atoms with Crippen LogP contribution in [0.1, 0.15) is 52.5 Å². The smallest absolute Gasteiger partial charge is 0.255 e. The van der Waals surface area contributed by atoms with E-state index in [4.69, 9.17) is 0 Å². The molecule has 0 radical (unpaired) electrons. The predicted octanol–water partition coefficient (Wildman–Crippen LogP) is 2.57. The minimum atomic E-state index is -0.714. The van der Waals surface area contributed by atoms with E-state index in [0.29, 0.717) is 23.2 Å². The van der Waals surface area contributed by atoms with Crippen LogP contribution in [0.25, 0.3) is 0 Å². The van der Waals surface area contributed by atoms with Crippen LogP contribution in [-0.4, -0.2) is 50.8 Å². The molecule has 1 aromatic carbocycles. The number of amides is 3. The van der Waals surface area contributed by atoms with Crippen LogP contribution >= 0.6 is 11.3 Å². The van der Waals surface area contributed by atoms with Gasteiger partial charge >= 0.3 is 0 Å². The average molecular weight is 465 g/mol. The van der Waals surface area contributed by atoms with Crippen LogP contribution in [0.4, 0.5) is 5.69 Å². The third kappa shape index (κ3) is 3.86. The number of allylic oxidation sites excluding steroid dienone is 2. The second-order valence-electron chi connectivity index (χ2n) is 8.22. The minimum Gasteiger partial charge on any atom is -0.511 e. The molecule has 0 saturated carbocycles. The molecule has 0 spiro atoms. The highest BCUT2D eigenvalue weighted by atomic mass is 32.1. The number of thiazole rings is 1. The quantitative estimate of drug-likeness (QED) is 0.529. The fourth-order valence-electron chi connectivity index (χ4n) is 4.49. The third-order valence-electron chi connectivity index (χ3n) is 6.17. The number of aromatic nitrogens is 1. The maximum atomic E-state index is 12.9. The molecular weight excluding hydrogens is 444 g/mol. The van der Waals surface area contributed by atoms with E-state index in [1.807, 2.05) is 5.38 Å². The Morgan fingerprint density at radius 3 is 2.79 bits per heavy atom. The van der Waals surface area contributed by atoms with Crippen LogP contribution in [0.2, 0.25) is 0 Å². The van der Waals surface area contributed by atoms with Crippen LogP contribution in [0.15, 0.2) is 46.1 Å². The van der Waals surface area contributed by atoms with Gasteiger partial charge in [0.15, 0.2) is 5.78 Å². The fraction of sp³-hybridized carbons (Fsp3) is 0.304. The molecule has 168 valence electrons. The molecule has 5 rings (SSSR count).